The Balaban J connectivity index is 1.70. The number of hydrogen-bond donors (Lipinski definition) is 1. The largest absolute Gasteiger partial charge is 0.483 e. The summed E-state index contributed by atoms with van der Waals surface area (Å²) in [4.78, 5) is 32.6. The Hall–Kier alpha value is -4.05. The van der Waals surface area contributed by atoms with Gasteiger partial charge in [0.2, 0.25) is 0 Å². The summed E-state index contributed by atoms with van der Waals surface area (Å²) in [5.74, 6) is -0.191. The minimum Gasteiger partial charge on any atom is -0.483 e. The maximum Gasteiger partial charge on any atom is 0.282 e. The molecule has 0 spiro atoms. The van der Waals surface area contributed by atoms with E-state index in [1.165, 1.54) is 23.0 Å². The van der Waals surface area contributed by atoms with Crippen LogP contribution in [0.1, 0.15) is 32.2 Å². The molecule has 0 aliphatic carbocycles. The highest BCUT2D eigenvalue weighted by Crippen LogP contribution is 2.26. The molecule has 10 heteroatoms. The zero-order valence-electron chi connectivity index (χ0n) is 22.3. The first kappa shape index (κ1) is 28.0. The van der Waals surface area contributed by atoms with Crippen LogP contribution in [-0.2, 0) is 10.2 Å². The number of nitrogens with zero attached hydrogens (tertiary/aromatic N) is 4. The van der Waals surface area contributed by atoms with Gasteiger partial charge >= 0.3 is 0 Å². The van der Waals surface area contributed by atoms with Gasteiger partial charge in [-0.1, -0.05) is 48.8 Å². The van der Waals surface area contributed by atoms with E-state index in [0.717, 1.165) is 10.2 Å². The summed E-state index contributed by atoms with van der Waals surface area (Å²) >= 11 is 3.42. The lowest BCUT2D eigenvalue weighted by molar-refractivity contribution is -0.118. The Labute approximate surface area is 234 Å². The molecule has 0 bridgehead atoms. The van der Waals surface area contributed by atoms with Crippen molar-refractivity contribution in [3.63, 3.8) is 0 Å². The molecule has 1 N–H and O–H groups in total. The highest BCUT2D eigenvalue weighted by molar-refractivity contribution is 9.10. The maximum atomic E-state index is 13.9. The third kappa shape index (κ3) is 6.51. The molecule has 0 aliphatic rings. The molecule has 0 saturated heterocycles. The molecular weight excluding hydrogens is 565 g/mol. The SMILES string of the molecule is CN(C)c1ccc(C=Nn2c(C(C)(C)C)nc3ccc(Br)cc3c2=O)c(OCC(=O)Nc2ccccc2F)c1. The lowest BCUT2D eigenvalue weighted by atomic mass is 9.95. The Bertz CT molecular complexity index is 1630. The number of carbonyl (C=O) groups excluding carboxylic acids is 1. The van der Waals surface area contributed by atoms with Crippen LogP contribution in [0, 0.1) is 5.82 Å². The van der Waals surface area contributed by atoms with Gasteiger partial charge in [-0.05, 0) is 42.5 Å². The van der Waals surface area contributed by atoms with Crippen molar-refractivity contribution in [2.45, 2.75) is 26.2 Å². The van der Waals surface area contributed by atoms with Crippen LogP contribution in [0.3, 0.4) is 0 Å². The molecule has 0 saturated carbocycles. The molecule has 8 nitrogen and oxygen atoms in total. The number of fused-ring (bicyclic) bond motifs is 1. The zero-order chi connectivity index (χ0) is 28.3. The van der Waals surface area contributed by atoms with Crippen molar-refractivity contribution in [2.24, 2.45) is 5.10 Å². The van der Waals surface area contributed by atoms with Crippen LogP contribution in [0.15, 0.2) is 75.0 Å². The smallest absolute Gasteiger partial charge is 0.282 e. The minimum atomic E-state index is -0.538. The molecule has 3 aromatic carbocycles. The van der Waals surface area contributed by atoms with E-state index in [1.54, 1.807) is 36.4 Å². The molecule has 4 rings (SSSR count). The van der Waals surface area contributed by atoms with Crippen molar-refractivity contribution < 1.29 is 13.9 Å². The molecule has 0 aliphatic heterocycles. The molecule has 202 valence electrons. The third-order valence-electron chi connectivity index (χ3n) is 5.81. The minimum absolute atomic E-state index is 0.0689. The lowest BCUT2D eigenvalue weighted by Crippen LogP contribution is -2.29. The summed E-state index contributed by atoms with van der Waals surface area (Å²) in [6.45, 7) is 5.52. The summed E-state index contributed by atoms with van der Waals surface area (Å²) in [5.41, 5.74) is 1.25. The first-order valence-electron chi connectivity index (χ1n) is 12.2. The van der Waals surface area contributed by atoms with Gasteiger partial charge in [0, 0.05) is 41.3 Å². The van der Waals surface area contributed by atoms with Gasteiger partial charge < -0.3 is 15.0 Å². The highest BCUT2D eigenvalue weighted by Gasteiger charge is 2.23. The van der Waals surface area contributed by atoms with E-state index in [1.807, 2.05) is 51.9 Å². The van der Waals surface area contributed by atoms with Gasteiger partial charge in [0.15, 0.2) is 6.61 Å². The van der Waals surface area contributed by atoms with Gasteiger partial charge in [-0.25, -0.2) is 9.37 Å². The number of halogens is 2. The van der Waals surface area contributed by atoms with E-state index in [9.17, 15) is 14.0 Å². The van der Waals surface area contributed by atoms with Crippen molar-refractivity contribution in [2.75, 3.05) is 30.9 Å². The van der Waals surface area contributed by atoms with Crippen molar-refractivity contribution >= 4 is 50.3 Å². The van der Waals surface area contributed by atoms with E-state index in [4.69, 9.17) is 9.72 Å². The summed E-state index contributed by atoms with van der Waals surface area (Å²) < 4.78 is 21.8. The second-order valence-corrected chi connectivity index (χ2v) is 11.1. The van der Waals surface area contributed by atoms with Gasteiger partial charge in [0.25, 0.3) is 11.5 Å². The normalized spacial score (nSPS) is 11.7. The first-order chi connectivity index (χ1) is 18.4. The van der Waals surface area contributed by atoms with Crippen LogP contribution in [0.2, 0.25) is 0 Å². The average Bonchev–Trinajstić information content (AvgIpc) is 2.88. The van der Waals surface area contributed by atoms with Gasteiger partial charge in [0.1, 0.15) is 17.4 Å². The number of aromatic nitrogens is 2. The number of rotatable bonds is 7. The summed E-state index contributed by atoms with van der Waals surface area (Å²) in [6, 6.07) is 16.7. The molecule has 1 amide bonds. The number of carbonyl (C=O) groups is 1. The van der Waals surface area contributed by atoms with E-state index in [-0.39, 0.29) is 17.9 Å². The Morgan fingerprint density at radius 2 is 1.90 bits per heavy atom. The summed E-state index contributed by atoms with van der Waals surface area (Å²) in [6.07, 6.45) is 1.51. The molecule has 1 aromatic heterocycles. The second kappa shape index (κ2) is 11.4. The zero-order valence-corrected chi connectivity index (χ0v) is 23.9. The van der Waals surface area contributed by atoms with Gasteiger partial charge in [-0.15, -0.1) is 0 Å². The monoisotopic (exact) mass is 593 g/mol. The van der Waals surface area contributed by atoms with Gasteiger partial charge in [-0.3, -0.25) is 9.59 Å². The van der Waals surface area contributed by atoms with Crippen LogP contribution in [0.5, 0.6) is 5.75 Å². The average molecular weight is 594 g/mol. The number of amides is 1. The van der Waals surface area contributed by atoms with Crippen molar-refractivity contribution in [3.05, 3.63) is 92.7 Å². The summed E-state index contributed by atoms with van der Waals surface area (Å²) in [7, 11) is 3.76. The molecular formula is C29H29BrFN5O3. The fourth-order valence-corrected chi connectivity index (χ4v) is 4.15. The predicted octanol–water partition coefficient (Wildman–Crippen LogP) is 5.56. The van der Waals surface area contributed by atoms with E-state index in [0.29, 0.717) is 28.0 Å². The maximum absolute atomic E-state index is 13.9. The van der Waals surface area contributed by atoms with Gasteiger partial charge in [0.05, 0.1) is 22.8 Å². The number of anilines is 2. The predicted molar refractivity (Wildman–Crippen MR) is 157 cm³/mol. The molecule has 1 heterocycles. The molecule has 39 heavy (non-hydrogen) atoms. The molecule has 0 unspecified atom stereocenters. The number of hydrogen-bond acceptors (Lipinski definition) is 6. The van der Waals surface area contributed by atoms with Crippen LogP contribution < -0.4 is 20.5 Å². The fourth-order valence-electron chi connectivity index (χ4n) is 3.79. The first-order valence-corrected chi connectivity index (χ1v) is 13.0. The van der Waals surface area contributed by atoms with Crippen LogP contribution in [-0.4, -0.2) is 42.5 Å². The Kier molecular flexibility index (Phi) is 8.15. The van der Waals surface area contributed by atoms with Gasteiger partial charge in [-0.2, -0.15) is 9.78 Å². The summed E-state index contributed by atoms with van der Waals surface area (Å²) in [5, 5.41) is 7.46. The number of nitrogens with one attached hydrogen (secondary N) is 1. The Morgan fingerprint density at radius 3 is 2.59 bits per heavy atom. The molecule has 4 aromatic rings. The van der Waals surface area contributed by atoms with Crippen molar-refractivity contribution in [1.29, 1.82) is 0 Å². The quantitative estimate of drug-likeness (QED) is 0.283. The molecule has 0 atom stereocenters. The molecule has 0 fully saturated rings. The van der Waals surface area contributed by atoms with E-state index < -0.39 is 17.1 Å². The van der Waals surface area contributed by atoms with E-state index >= 15 is 0 Å². The number of ether oxygens (including phenoxy) is 1. The Morgan fingerprint density at radius 1 is 1.15 bits per heavy atom. The van der Waals surface area contributed by atoms with Crippen molar-refractivity contribution in [3.8, 4) is 5.75 Å². The fraction of sp³-hybridized carbons (Fsp3) is 0.241. The number of para-hydroxylation sites is 1. The number of benzene rings is 3. The standard InChI is InChI=1S/C29H29BrFN5O3/c1-29(2,3)28-34-23-13-11-19(30)14-21(23)27(38)36(28)32-16-18-10-12-20(35(4)5)15-25(18)39-17-26(37)33-24-9-7-6-8-22(24)31/h6-16H,17H2,1-5H3,(H,33,37). The lowest BCUT2D eigenvalue weighted by Gasteiger charge is -2.21. The second-order valence-electron chi connectivity index (χ2n) is 10.1. The van der Waals surface area contributed by atoms with Crippen molar-refractivity contribution in [1.82, 2.24) is 9.66 Å². The van der Waals surface area contributed by atoms with E-state index in [2.05, 4.69) is 26.3 Å². The highest BCUT2D eigenvalue weighted by atomic mass is 79.9. The van der Waals surface area contributed by atoms with Crippen LogP contribution >= 0.6 is 15.9 Å². The molecule has 0 radical (unpaired) electrons. The van der Waals surface area contributed by atoms with Crippen LogP contribution in [0.25, 0.3) is 10.9 Å². The third-order valence-corrected chi connectivity index (χ3v) is 6.30. The topological polar surface area (TPSA) is 88.8 Å². The van der Waals surface area contributed by atoms with Crippen LogP contribution in [0.4, 0.5) is 15.8 Å².